The Hall–Kier alpha value is -1.11. The molecule has 0 heterocycles. The lowest BCUT2D eigenvalue weighted by molar-refractivity contribution is -0.110. The van der Waals surface area contributed by atoms with Gasteiger partial charge in [-0.2, -0.15) is 0 Å². The van der Waals surface area contributed by atoms with Gasteiger partial charge in [0.15, 0.2) is 9.84 Å². The molecule has 1 rings (SSSR count). The molecule has 7 heteroatoms. The predicted octanol–water partition coefficient (Wildman–Crippen LogP) is 0.266. The van der Waals surface area contributed by atoms with Crippen LogP contribution < -0.4 is 5.32 Å². The number of carbonyl (C=O) groups is 2. The van der Waals surface area contributed by atoms with Gasteiger partial charge in [0.1, 0.15) is 17.4 Å². The SMILES string of the molecule is CC(C)(C)OC(=O)NC1(C=O)CC1S(C)(=O)=O. The Morgan fingerprint density at radius 1 is 1.47 bits per heavy atom. The molecule has 0 bridgehead atoms. The highest BCUT2D eigenvalue weighted by Crippen LogP contribution is 2.40. The molecule has 17 heavy (non-hydrogen) atoms. The van der Waals surface area contributed by atoms with Gasteiger partial charge in [-0.1, -0.05) is 0 Å². The van der Waals surface area contributed by atoms with Crippen LogP contribution in [0.5, 0.6) is 0 Å². The summed E-state index contributed by atoms with van der Waals surface area (Å²) in [4.78, 5) is 22.4. The molecule has 1 N–H and O–H groups in total. The van der Waals surface area contributed by atoms with E-state index in [1.54, 1.807) is 20.8 Å². The lowest BCUT2D eigenvalue weighted by Gasteiger charge is -2.21. The average Bonchev–Trinajstić information content (AvgIpc) is 2.75. The van der Waals surface area contributed by atoms with E-state index in [0.717, 1.165) is 6.26 Å². The number of carbonyl (C=O) groups excluding carboxylic acids is 2. The molecule has 1 fully saturated rings. The van der Waals surface area contributed by atoms with Gasteiger partial charge in [0.2, 0.25) is 0 Å². The fourth-order valence-electron chi connectivity index (χ4n) is 1.56. The van der Waals surface area contributed by atoms with Crippen LogP contribution in [0.3, 0.4) is 0 Å². The van der Waals surface area contributed by atoms with Crippen molar-refractivity contribution < 1.29 is 22.7 Å². The highest BCUT2D eigenvalue weighted by molar-refractivity contribution is 7.91. The van der Waals surface area contributed by atoms with Gasteiger partial charge in [-0.3, -0.25) is 0 Å². The molecule has 6 nitrogen and oxygen atoms in total. The molecule has 0 aromatic carbocycles. The fourth-order valence-corrected chi connectivity index (χ4v) is 3.02. The molecule has 1 aliphatic carbocycles. The van der Waals surface area contributed by atoms with E-state index in [9.17, 15) is 18.0 Å². The molecule has 2 unspecified atom stereocenters. The summed E-state index contributed by atoms with van der Waals surface area (Å²) in [6.45, 7) is 5.04. The maximum atomic E-state index is 11.5. The van der Waals surface area contributed by atoms with Crippen LogP contribution in [0.15, 0.2) is 0 Å². The number of alkyl carbamates (subject to hydrolysis) is 1. The Morgan fingerprint density at radius 2 is 2.00 bits per heavy atom. The summed E-state index contributed by atoms with van der Waals surface area (Å²) in [6.07, 6.45) is 0.826. The predicted molar refractivity (Wildman–Crippen MR) is 61.4 cm³/mol. The minimum Gasteiger partial charge on any atom is -0.444 e. The Labute approximate surface area is 101 Å². The number of sulfone groups is 1. The molecular weight excluding hydrogens is 246 g/mol. The molecule has 0 aromatic rings. The van der Waals surface area contributed by atoms with Gasteiger partial charge in [0.05, 0.1) is 5.25 Å². The standard InChI is InChI=1S/C10H17NO5S/c1-9(2,3)16-8(13)11-10(6-12)5-7(10)17(4,14)15/h6-7H,5H2,1-4H3,(H,11,13). The first-order chi connectivity index (χ1) is 7.50. The molecule has 0 radical (unpaired) electrons. The first kappa shape index (κ1) is 14.0. The molecule has 98 valence electrons. The number of hydrogen-bond donors (Lipinski definition) is 1. The normalized spacial score (nSPS) is 28.4. The lowest BCUT2D eigenvalue weighted by atomic mass is 10.2. The van der Waals surface area contributed by atoms with Gasteiger partial charge >= 0.3 is 6.09 Å². The summed E-state index contributed by atoms with van der Waals surface area (Å²) in [6, 6.07) is 0. The third kappa shape index (κ3) is 3.42. The van der Waals surface area contributed by atoms with Crippen molar-refractivity contribution in [3.63, 3.8) is 0 Å². The molecule has 0 saturated heterocycles. The van der Waals surface area contributed by atoms with Crippen LogP contribution in [0, 0.1) is 0 Å². The second-order valence-corrected chi connectivity index (χ2v) is 7.54. The van der Waals surface area contributed by atoms with Crippen molar-refractivity contribution in [1.82, 2.24) is 5.32 Å². The van der Waals surface area contributed by atoms with Crippen molar-refractivity contribution in [2.24, 2.45) is 0 Å². The van der Waals surface area contributed by atoms with Gasteiger partial charge in [0, 0.05) is 6.26 Å². The molecule has 1 amide bonds. The number of aldehydes is 1. The topological polar surface area (TPSA) is 89.5 Å². The molecular formula is C10H17NO5S. The molecule has 0 spiro atoms. The number of hydrogen-bond acceptors (Lipinski definition) is 5. The minimum atomic E-state index is -3.34. The summed E-state index contributed by atoms with van der Waals surface area (Å²) in [5, 5.41) is 1.47. The molecule has 0 aromatic heterocycles. The first-order valence-corrected chi connectivity index (χ1v) is 7.12. The van der Waals surface area contributed by atoms with Crippen LogP contribution in [-0.2, 0) is 19.4 Å². The summed E-state index contributed by atoms with van der Waals surface area (Å²) >= 11 is 0. The van der Waals surface area contributed by atoms with Gasteiger partial charge < -0.3 is 14.8 Å². The van der Waals surface area contributed by atoms with Gasteiger partial charge in [-0.25, -0.2) is 13.2 Å². The average molecular weight is 263 g/mol. The molecule has 1 aliphatic rings. The van der Waals surface area contributed by atoms with Gasteiger partial charge in [-0.05, 0) is 27.2 Å². The third-order valence-corrected chi connectivity index (χ3v) is 4.02. The van der Waals surface area contributed by atoms with E-state index >= 15 is 0 Å². The van der Waals surface area contributed by atoms with Gasteiger partial charge in [0.25, 0.3) is 0 Å². The zero-order valence-electron chi connectivity index (χ0n) is 10.3. The molecule has 2 atom stereocenters. The number of rotatable bonds is 3. The van der Waals surface area contributed by atoms with E-state index in [4.69, 9.17) is 4.74 Å². The molecule has 0 aliphatic heterocycles. The van der Waals surface area contributed by atoms with Crippen LogP contribution in [0.4, 0.5) is 4.79 Å². The Bertz CT molecular complexity index is 436. The van der Waals surface area contributed by atoms with Crippen LogP contribution in [0.1, 0.15) is 27.2 Å². The quantitative estimate of drug-likeness (QED) is 0.738. The zero-order chi connectivity index (χ0) is 13.5. The van der Waals surface area contributed by atoms with E-state index in [1.807, 2.05) is 0 Å². The van der Waals surface area contributed by atoms with E-state index in [1.165, 1.54) is 0 Å². The van der Waals surface area contributed by atoms with E-state index in [0.29, 0.717) is 6.29 Å². The van der Waals surface area contributed by atoms with Gasteiger partial charge in [-0.15, -0.1) is 0 Å². The van der Waals surface area contributed by atoms with Crippen molar-refractivity contribution in [2.75, 3.05) is 6.26 Å². The maximum Gasteiger partial charge on any atom is 0.408 e. The van der Waals surface area contributed by atoms with Crippen molar-refractivity contribution in [3.05, 3.63) is 0 Å². The molecule has 1 saturated carbocycles. The summed E-state index contributed by atoms with van der Waals surface area (Å²) < 4.78 is 27.5. The van der Waals surface area contributed by atoms with E-state index < -0.39 is 32.3 Å². The lowest BCUT2D eigenvalue weighted by Crippen LogP contribution is -2.44. The number of amides is 1. The Kier molecular flexibility index (Phi) is 3.26. The monoisotopic (exact) mass is 263 g/mol. The van der Waals surface area contributed by atoms with E-state index in [2.05, 4.69) is 5.32 Å². The first-order valence-electron chi connectivity index (χ1n) is 5.16. The van der Waals surface area contributed by atoms with Crippen molar-refractivity contribution >= 4 is 22.2 Å². The Morgan fingerprint density at radius 3 is 2.29 bits per heavy atom. The highest BCUT2D eigenvalue weighted by atomic mass is 32.2. The second-order valence-electron chi connectivity index (χ2n) is 5.31. The van der Waals surface area contributed by atoms with Crippen LogP contribution >= 0.6 is 0 Å². The summed E-state index contributed by atoms with van der Waals surface area (Å²) in [7, 11) is -3.34. The minimum absolute atomic E-state index is 0.106. The van der Waals surface area contributed by atoms with Crippen LogP contribution in [0.25, 0.3) is 0 Å². The smallest absolute Gasteiger partial charge is 0.408 e. The number of ether oxygens (including phenoxy) is 1. The van der Waals surface area contributed by atoms with E-state index in [-0.39, 0.29) is 6.42 Å². The van der Waals surface area contributed by atoms with Crippen LogP contribution in [-0.4, -0.2) is 43.4 Å². The van der Waals surface area contributed by atoms with Crippen molar-refractivity contribution in [3.8, 4) is 0 Å². The summed E-state index contributed by atoms with van der Waals surface area (Å²) in [5.74, 6) is 0. The number of nitrogens with one attached hydrogen (secondary N) is 1. The van der Waals surface area contributed by atoms with Crippen LogP contribution in [0.2, 0.25) is 0 Å². The highest BCUT2D eigenvalue weighted by Gasteiger charge is 2.61. The second kappa shape index (κ2) is 3.97. The zero-order valence-corrected chi connectivity index (χ0v) is 11.1. The third-order valence-electron chi connectivity index (χ3n) is 2.40. The maximum absolute atomic E-state index is 11.5. The largest absolute Gasteiger partial charge is 0.444 e. The Balaban J connectivity index is 2.69. The fraction of sp³-hybridized carbons (Fsp3) is 0.800. The summed E-state index contributed by atoms with van der Waals surface area (Å²) in [5.41, 5.74) is -2.00. The van der Waals surface area contributed by atoms with Crippen molar-refractivity contribution in [1.29, 1.82) is 0 Å². The van der Waals surface area contributed by atoms with Crippen molar-refractivity contribution in [2.45, 2.75) is 43.6 Å².